The third kappa shape index (κ3) is 2.30. The summed E-state index contributed by atoms with van der Waals surface area (Å²) < 4.78 is 0. The first-order chi connectivity index (χ1) is 9.82. The molecule has 0 saturated heterocycles. The molecule has 4 saturated carbocycles. The second-order valence-electron chi connectivity index (χ2n) is 8.91. The second kappa shape index (κ2) is 4.51. The fourth-order valence-corrected chi connectivity index (χ4v) is 7.75. The Morgan fingerprint density at radius 1 is 1.00 bits per heavy atom. The summed E-state index contributed by atoms with van der Waals surface area (Å²) in [5.41, 5.74) is 3.02. The van der Waals surface area contributed by atoms with Crippen LogP contribution in [0.25, 0.3) is 0 Å². The average molecular weight is 368 g/mol. The fraction of sp³-hybridized carbons (Fsp3) is 0.684. The predicted octanol–water partition coefficient (Wildman–Crippen LogP) is 6.77. The van der Waals surface area contributed by atoms with Crippen LogP contribution < -0.4 is 0 Å². The molecule has 0 aliphatic heterocycles. The van der Waals surface area contributed by atoms with Crippen molar-refractivity contribution < 1.29 is 0 Å². The zero-order valence-corrected chi connectivity index (χ0v) is 15.3. The largest absolute Gasteiger partial charge is 0.0843 e. The van der Waals surface area contributed by atoms with Crippen LogP contribution in [0.2, 0.25) is 5.02 Å². The highest BCUT2D eigenvalue weighted by Crippen LogP contribution is 2.73. The highest BCUT2D eigenvalue weighted by molar-refractivity contribution is 9.09. The predicted molar refractivity (Wildman–Crippen MR) is 93.0 cm³/mol. The van der Waals surface area contributed by atoms with Crippen molar-refractivity contribution in [2.24, 2.45) is 22.2 Å². The lowest BCUT2D eigenvalue weighted by Crippen LogP contribution is -2.56. The number of hydrogen-bond donors (Lipinski definition) is 0. The molecule has 4 fully saturated rings. The van der Waals surface area contributed by atoms with Gasteiger partial charge in [0.15, 0.2) is 0 Å². The van der Waals surface area contributed by atoms with E-state index in [1.807, 2.05) is 12.1 Å². The molecule has 1 aromatic rings. The zero-order chi connectivity index (χ0) is 14.9. The molecule has 4 bridgehead atoms. The van der Waals surface area contributed by atoms with E-state index in [2.05, 4.69) is 41.9 Å². The first-order valence-corrected chi connectivity index (χ1v) is 9.51. The summed E-state index contributed by atoms with van der Waals surface area (Å²) in [6, 6.07) is 8.50. The van der Waals surface area contributed by atoms with Crippen LogP contribution in [0.4, 0.5) is 0 Å². The molecule has 0 N–H and O–H groups in total. The maximum absolute atomic E-state index is 6.06. The lowest BCUT2D eigenvalue weighted by Gasteiger charge is -2.66. The number of halogens is 2. The second-order valence-corrected chi connectivity index (χ2v) is 10.3. The van der Waals surface area contributed by atoms with Crippen LogP contribution in [-0.4, -0.2) is 0 Å². The Hall–Kier alpha value is -0.0100. The number of hydrogen-bond acceptors (Lipinski definition) is 0. The average Bonchev–Trinajstić information content (AvgIpc) is 2.34. The third-order valence-corrected chi connectivity index (χ3v) is 8.12. The van der Waals surface area contributed by atoms with Crippen molar-refractivity contribution in [3.63, 3.8) is 0 Å². The van der Waals surface area contributed by atoms with E-state index in [-0.39, 0.29) is 0 Å². The fourth-order valence-electron chi connectivity index (χ4n) is 6.80. The Labute approximate surface area is 141 Å². The van der Waals surface area contributed by atoms with Crippen molar-refractivity contribution in [3.05, 3.63) is 34.9 Å². The van der Waals surface area contributed by atoms with E-state index in [0.717, 1.165) is 10.9 Å². The van der Waals surface area contributed by atoms with Crippen LogP contribution >= 0.6 is 27.5 Å². The molecule has 2 heteroatoms. The molecule has 3 unspecified atom stereocenters. The van der Waals surface area contributed by atoms with Gasteiger partial charge in [-0.3, -0.25) is 0 Å². The van der Waals surface area contributed by atoms with Gasteiger partial charge in [0, 0.05) is 9.85 Å². The normalized spacial score (nSPS) is 45.8. The number of alkyl halides is 1. The van der Waals surface area contributed by atoms with E-state index >= 15 is 0 Å². The summed E-state index contributed by atoms with van der Waals surface area (Å²) in [5.74, 6) is 0.948. The molecule has 4 aliphatic rings. The van der Waals surface area contributed by atoms with Crippen LogP contribution in [0, 0.1) is 22.2 Å². The van der Waals surface area contributed by atoms with E-state index in [0.29, 0.717) is 21.1 Å². The molecule has 0 aromatic heterocycles. The maximum Gasteiger partial charge on any atom is 0.0452 e. The minimum Gasteiger partial charge on any atom is -0.0843 e. The summed E-state index contributed by atoms with van der Waals surface area (Å²) in [6.07, 6.45) is 8.57. The van der Waals surface area contributed by atoms with Crippen LogP contribution in [0.15, 0.2) is 24.3 Å². The Kier molecular flexibility index (Phi) is 3.13. The number of rotatable bonds is 2. The molecule has 0 amide bonds. The molecule has 21 heavy (non-hydrogen) atoms. The standard InChI is InChI=1S/C19H24BrCl/c1-17-7-13-8-18(2,10-17)12-19(9-13,11-17)16(20)14-3-5-15(21)6-4-14/h3-6,13,16H,7-12H2,1-2H3. The summed E-state index contributed by atoms with van der Waals surface area (Å²) in [6.45, 7) is 5.10. The minimum atomic E-state index is 0.455. The molecule has 0 radical (unpaired) electrons. The van der Waals surface area contributed by atoms with Gasteiger partial charge in [-0.1, -0.05) is 53.5 Å². The van der Waals surface area contributed by atoms with Crippen LogP contribution in [0.3, 0.4) is 0 Å². The van der Waals surface area contributed by atoms with Gasteiger partial charge in [0.25, 0.3) is 0 Å². The zero-order valence-electron chi connectivity index (χ0n) is 13.0. The monoisotopic (exact) mass is 366 g/mol. The lowest BCUT2D eigenvalue weighted by atomic mass is 9.39. The van der Waals surface area contributed by atoms with Gasteiger partial charge in [-0.05, 0) is 78.4 Å². The van der Waals surface area contributed by atoms with Gasteiger partial charge < -0.3 is 0 Å². The Morgan fingerprint density at radius 3 is 2.10 bits per heavy atom. The molecule has 0 spiro atoms. The van der Waals surface area contributed by atoms with Crippen molar-refractivity contribution in [2.75, 3.05) is 0 Å². The highest BCUT2D eigenvalue weighted by atomic mass is 79.9. The molecular weight excluding hydrogens is 344 g/mol. The first-order valence-electron chi connectivity index (χ1n) is 8.21. The van der Waals surface area contributed by atoms with Crippen LogP contribution in [0.1, 0.15) is 62.8 Å². The molecule has 0 heterocycles. The van der Waals surface area contributed by atoms with Crippen molar-refractivity contribution in [1.82, 2.24) is 0 Å². The lowest BCUT2D eigenvalue weighted by molar-refractivity contribution is -0.144. The minimum absolute atomic E-state index is 0.455. The van der Waals surface area contributed by atoms with Crippen LogP contribution in [0.5, 0.6) is 0 Å². The van der Waals surface area contributed by atoms with E-state index in [4.69, 9.17) is 11.6 Å². The van der Waals surface area contributed by atoms with Gasteiger partial charge in [-0.2, -0.15) is 0 Å². The first kappa shape index (κ1) is 14.6. The SMILES string of the molecule is CC12CC3CC(C)(C1)CC(C(Br)c1ccc(Cl)cc1)(C3)C2. The summed E-state index contributed by atoms with van der Waals surface area (Å²) in [4.78, 5) is 0.476. The molecule has 4 aliphatic carbocycles. The smallest absolute Gasteiger partial charge is 0.0452 e. The van der Waals surface area contributed by atoms with Crippen molar-refractivity contribution in [1.29, 1.82) is 0 Å². The summed E-state index contributed by atoms with van der Waals surface area (Å²) >= 11 is 10.2. The highest BCUT2D eigenvalue weighted by Gasteiger charge is 2.61. The Morgan fingerprint density at radius 2 is 1.57 bits per heavy atom. The third-order valence-electron chi connectivity index (χ3n) is 6.37. The van der Waals surface area contributed by atoms with Gasteiger partial charge in [0.05, 0.1) is 0 Å². The van der Waals surface area contributed by atoms with Gasteiger partial charge in [-0.15, -0.1) is 0 Å². The van der Waals surface area contributed by atoms with Gasteiger partial charge in [0.2, 0.25) is 0 Å². The topological polar surface area (TPSA) is 0 Å². The molecule has 5 rings (SSSR count). The van der Waals surface area contributed by atoms with Crippen molar-refractivity contribution >= 4 is 27.5 Å². The van der Waals surface area contributed by atoms with E-state index in [9.17, 15) is 0 Å². The van der Waals surface area contributed by atoms with Crippen molar-refractivity contribution in [2.45, 2.75) is 57.2 Å². The molecule has 0 nitrogen and oxygen atoms in total. The maximum atomic E-state index is 6.06. The van der Waals surface area contributed by atoms with Crippen molar-refractivity contribution in [3.8, 4) is 0 Å². The van der Waals surface area contributed by atoms with Gasteiger partial charge >= 0.3 is 0 Å². The molecule has 3 atom stereocenters. The van der Waals surface area contributed by atoms with E-state index in [1.54, 1.807) is 0 Å². The summed E-state index contributed by atoms with van der Waals surface area (Å²) in [5, 5.41) is 0.836. The van der Waals surface area contributed by atoms with Crippen LogP contribution in [-0.2, 0) is 0 Å². The van der Waals surface area contributed by atoms with E-state index in [1.165, 1.54) is 44.1 Å². The van der Waals surface area contributed by atoms with Gasteiger partial charge in [-0.25, -0.2) is 0 Å². The van der Waals surface area contributed by atoms with Gasteiger partial charge in [0.1, 0.15) is 0 Å². The molecule has 1 aromatic carbocycles. The number of benzene rings is 1. The summed E-state index contributed by atoms with van der Waals surface area (Å²) in [7, 11) is 0. The Balaban J connectivity index is 1.72. The Bertz CT molecular complexity index is 545. The quantitative estimate of drug-likeness (QED) is 0.506. The molecular formula is C19H24BrCl. The molecule has 114 valence electrons. The van der Waals surface area contributed by atoms with E-state index < -0.39 is 0 Å².